The molecule has 1 unspecified atom stereocenters. The number of methoxy groups -OCH3 is 1. The first kappa shape index (κ1) is 21.0. The molecule has 0 spiro atoms. The fraction of sp³-hybridized carbons (Fsp3) is 0.316. The molecule has 2 aromatic rings. The van der Waals surface area contributed by atoms with E-state index in [0.29, 0.717) is 23.4 Å². The number of carbonyl (C=O) groups is 1. The predicted molar refractivity (Wildman–Crippen MR) is 98.7 cm³/mol. The highest BCUT2D eigenvalue weighted by Gasteiger charge is 2.37. The number of aldehydes is 1. The van der Waals surface area contributed by atoms with Crippen LogP contribution in [0.5, 0.6) is 11.5 Å². The number of rotatable bonds is 7. The highest BCUT2D eigenvalue weighted by Crippen LogP contribution is 2.43. The molecule has 0 radical (unpaired) electrons. The minimum atomic E-state index is -4.93. The van der Waals surface area contributed by atoms with Crippen LogP contribution < -0.4 is 13.8 Å². The summed E-state index contributed by atoms with van der Waals surface area (Å²) >= 11 is 0. The van der Waals surface area contributed by atoms with E-state index in [2.05, 4.69) is 4.74 Å². The van der Waals surface area contributed by atoms with Gasteiger partial charge in [0.1, 0.15) is 17.8 Å². The van der Waals surface area contributed by atoms with Gasteiger partial charge in [-0.05, 0) is 42.3 Å². The smallest absolute Gasteiger partial charge is 0.497 e. The Hall–Kier alpha value is -2.75. The number of ether oxygens (including phenoxy) is 2. The topological polar surface area (TPSA) is 72.9 Å². The second-order valence-corrected chi connectivity index (χ2v) is 8.29. The Balaban J connectivity index is 1.99. The standard InChI is InChI=1S/C19H18F3NO5S/c1-27-14-7-8-18-17(11-14)13(4-3-9-24)12-23(18)29(25,26)16-6-2-5-15(10-16)28-19(20,21)22/h2,5-11,13H,3-4,12H2,1H3. The van der Waals surface area contributed by atoms with Gasteiger partial charge in [0.05, 0.1) is 17.7 Å². The van der Waals surface area contributed by atoms with E-state index in [-0.39, 0.29) is 23.8 Å². The quantitative estimate of drug-likeness (QED) is 0.625. The van der Waals surface area contributed by atoms with Gasteiger partial charge >= 0.3 is 6.36 Å². The lowest BCUT2D eigenvalue weighted by atomic mass is 9.96. The van der Waals surface area contributed by atoms with Gasteiger partial charge in [-0.1, -0.05) is 6.07 Å². The Kier molecular flexibility index (Phi) is 5.74. The number of hydrogen-bond donors (Lipinski definition) is 0. The molecule has 29 heavy (non-hydrogen) atoms. The molecule has 10 heteroatoms. The van der Waals surface area contributed by atoms with Gasteiger partial charge in [-0.3, -0.25) is 4.31 Å². The molecular weight excluding hydrogens is 411 g/mol. The van der Waals surface area contributed by atoms with Crippen LogP contribution in [-0.4, -0.2) is 34.7 Å². The number of alkyl halides is 3. The average Bonchev–Trinajstić information content (AvgIpc) is 3.03. The Morgan fingerprint density at radius 3 is 2.59 bits per heavy atom. The van der Waals surface area contributed by atoms with Crippen molar-refractivity contribution < 1.29 is 35.9 Å². The number of carbonyl (C=O) groups excluding carboxylic acids is 1. The summed E-state index contributed by atoms with van der Waals surface area (Å²) in [5.41, 5.74) is 1.11. The SMILES string of the molecule is COc1ccc2c(c1)C(CCC=O)CN2S(=O)(=O)c1cccc(OC(F)(F)F)c1. The van der Waals surface area contributed by atoms with Gasteiger partial charge < -0.3 is 14.3 Å². The number of fused-ring (bicyclic) bond motifs is 1. The maximum atomic E-state index is 13.2. The van der Waals surface area contributed by atoms with E-state index in [1.165, 1.54) is 19.2 Å². The highest BCUT2D eigenvalue weighted by molar-refractivity contribution is 7.92. The lowest BCUT2D eigenvalue weighted by Gasteiger charge is -2.20. The maximum Gasteiger partial charge on any atom is 0.573 e. The molecule has 1 atom stereocenters. The Labute approximate surface area is 165 Å². The van der Waals surface area contributed by atoms with Crippen LogP contribution in [0.1, 0.15) is 24.3 Å². The fourth-order valence-corrected chi connectivity index (χ4v) is 4.88. The summed E-state index contributed by atoms with van der Waals surface area (Å²) in [5, 5.41) is 0. The van der Waals surface area contributed by atoms with Gasteiger partial charge in [-0.2, -0.15) is 0 Å². The molecule has 0 fully saturated rings. The van der Waals surface area contributed by atoms with Gasteiger partial charge in [0.25, 0.3) is 10.0 Å². The van der Waals surface area contributed by atoms with Crippen molar-refractivity contribution in [3.63, 3.8) is 0 Å². The Morgan fingerprint density at radius 2 is 1.93 bits per heavy atom. The molecule has 2 aromatic carbocycles. The molecular formula is C19H18F3NO5S. The second-order valence-electron chi connectivity index (χ2n) is 6.42. The normalized spacial score (nSPS) is 16.4. The lowest BCUT2D eigenvalue weighted by molar-refractivity contribution is -0.274. The van der Waals surface area contributed by atoms with Crippen LogP contribution in [0.2, 0.25) is 0 Å². The summed E-state index contributed by atoms with van der Waals surface area (Å²) in [7, 11) is -2.67. The number of benzene rings is 2. The van der Waals surface area contributed by atoms with Crippen LogP contribution in [0.25, 0.3) is 0 Å². The number of halogens is 3. The van der Waals surface area contributed by atoms with Crippen molar-refractivity contribution in [2.45, 2.75) is 30.0 Å². The van der Waals surface area contributed by atoms with Crippen LogP contribution >= 0.6 is 0 Å². The molecule has 0 aliphatic carbocycles. The van der Waals surface area contributed by atoms with E-state index in [1.54, 1.807) is 18.2 Å². The number of anilines is 1. The third-order valence-corrected chi connectivity index (χ3v) is 6.37. The first-order valence-corrected chi connectivity index (χ1v) is 10.1. The first-order valence-electron chi connectivity index (χ1n) is 8.66. The summed E-state index contributed by atoms with van der Waals surface area (Å²) in [6.07, 6.45) is -3.48. The van der Waals surface area contributed by atoms with Crippen molar-refractivity contribution in [3.05, 3.63) is 48.0 Å². The highest BCUT2D eigenvalue weighted by atomic mass is 32.2. The monoisotopic (exact) mass is 429 g/mol. The van der Waals surface area contributed by atoms with Crippen molar-refractivity contribution in [2.24, 2.45) is 0 Å². The zero-order valence-corrected chi connectivity index (χ0v) is 16.2. The van der Waals surface area contributed by atoms with Gasteiger partial charge in [0.15, 0.2) is 0 Å². The minimum Gasteiger partial charge on any atom is -0.497 e. The van der Waals surface area contributed by atoms with Crippen LogP contribution in [0.4, 0.5) is 18.9 Å². The molecule has 0 aromatic heterocycles. The maximum absolute atomic E-state index is 13.2. The molecule has 0 N–H and O–H groups in total. The zero-order chi connectivity index (χ0) is 21.2. The third kappa shape index (κ3) is 4.47. The molecule has 156 valence electrons. The van der Waals surface area contributed by atoms with Gasteiger partial charge in [0, 0.05) is 24.9 Å². The van der Waals surface area contributed by atoms with Gasteiger partial charge in [-0.15, -0.1) is 13.2 Å². The number of hydrogen-bond acceptors (Lipinski definition) is 5. The van der Waals surface area contributed by atoms with E-state index in [9.17, 15) is 26.4 Å². The van der Waals surface area contributed by atoms with Crippen molar-refractivity contribution in [1.82, 2.24) is 0 Å². The summed E-state index contributed by atoms with van der Waals surface area (Å²) in [6, 6.07) is 9.16. The number of nitrogens with zero attached hydrogens (tertiary/aromatic N) is 1. The molecule has 0 saturated carbocycles. The van der Waals surface area contributed by atoms with E-state index >= 15 is 0 Å². The van der Waals surface area contributed by atoms with Crippen molar-refractivity contribution in [3.8, 4) is 11.5 Å². The molecule has 0 amide bonds. The van der Waals surface area contributed by atoms with Crippen LogP contribution in [-0.2, 0) is 14.8 Å². The molecule has 1 aliphatic heterocycles. The fourth-order valence-electron chi connectivity index (χ4n) is 3.31. The Morgan fingerprint density at radius 1 is 1.17 bits per heavy atom. The zero-order valence-electron chi connectivity index (χ0n) is 15.3. The van der Waals surface area contributed by atoms with Crippen molar-refractivity contribution in [1.29, 1.82) is 0 Å². The van der Waals surface area contributed by atoms with E-state index < -0.39 is 22.1 Å². The summed E-state index contributed by atoms with van der Waals surface area (Å²) < 4.78 is 74.0. The van der Waals surface area contributed by atoms with E-state index in [4.69, 9.17) is 4.74 Å². The van der Waals surface area contributed by atoms with Crippen LogP contribution in [0, 0.1) is 0 Å². The Bertz CT molecular complexity index is 1010. The molecule has 1 aliphatic rings. The second kappa shape index (κ2) is 7.94. The van der Waals surface area contributed by atoms with Gasteiger partial charge in [-0.25, -0.2) is 8.42 Å². The third-order valence-electron chi connectivity index (χ3n) is 4.59. The molecule has 0 saturated heterocycles. The van der Waals surface area contributed by atoms with Crippen LogP contribution in [0.3, 0.4) is 0 Å². The van der Waals surface area contributed by atoms with Crippen molar-refractivity contribution in [2.75, 3.05) is 18.0 Å². The predicted octanol–water partition coefficient (Wildman–Crippen LogP) is 3.87. The van der Waals surface area contributed by atoms with E-state index in [0.717, 1.165) is 22.7 Å². The molecule has 1 heterocycles. The first-order chi connectivity index (χ1) is 13.7. The summed E-state index contributed by atoms with van der Waals surface area (Å²) in [4.78, 5) is 10.5. The molecule has 3 rings (SSSR count). The minimum absolute atomic E-state index is 0.0725. The van der Waals surface area contributed by atoms with E-state index in [1.807, 2.05) is 0 Å². The molecule has 0 bridgehead atoms. The average molecular weight is 429 g/mol. The summed E-state index contributed by atoms with van der Waals surface area (Å²) in [6.45, 7) is 0.0725. The largest absolute Gasteiger partial charge is 0.573 e. The van der Waals surface area contributed by atoms with Gasteiger partial charge in [0.2, 0.25) is 0 Å². The summed E-state index contributed by atoms with van der Waals surface area (Å²) in [5.74, 6) is -0.320. The number of sulfonamides is 1. The van der Waals surface area contributed by atoms with Crippen LogP contribution in [0.15, 0.2) is 47.4 Å². The van der Waals surface area contributed by atoms with Crippen molar-refractivity contribution >= 4 is 22.0 Å². The molecule has 6 nitrogen and oxygen atoms in total. The lowest BCUT2D eigenvalue weighted by Crippen LogP contribution is -2.30.